The van der Waals surface area contributed by atoms with Crippen LogP contribution in [-0.2, 0) is 9.59 Å². The number of carbonyl (C=O) groups excluding carboxylic acids is 1. The fraction of sp³-hybridized carbons (Fsp3) is 0.333. The van der Waals surface area contributed by atoms with E-state index in [2.05, 4.69) is 5.32 Å². The minimum Gasteiger partial charge on any atom is -0.495 e. The van der Waals surface area contributed by atoms with Gasteiger partial charge in [0.1, 0.15) is 11.6 Å². The Hall–Kier alpha value is -2.11. The second kappa shape index (κ2) is 6.58. The van der Waals surface area contributed by atoms with Crippen LogP contribution in [0.25, 0.3) is 0 Å². The number of amides is 1. The monoisotopic (exact) mass is 255 g/mol. The minimum atomic E-state index is -0.953. The highest BCUT2D eigenvalue weighted by Gasteiger charge is 2.09. The van der Waals surface area contributed by atoms with E-state index in [1.54, 1.807) is 0 Å². The first-order valence-corrected chi connectivity index (χ1v) is 5.38. The average Bonchev–Trinajstić information content (AvgIpc) is 2.28. The molecule has 1 amide bonds. The van der Waals surface area contributed by atoms with E-state index in [-0.39, 0.29) is 30.9 Å². The van der Waals surface area contributed by atoms with Gasteiger partial charge < -0.3 is 15.2 Å². The maximum absolute atomic E-state index is 13.0. The van der Waals surface area contributed by atoms with Crippen molar-refractivity contribution in [2.45, 2.75) is 19.3 Å². The highest BCUT2D eigenvalue weighted by molar-refractivity contribution is 5.92. The number of carboxylic acids is 1. The van der Waals surface area contributed by atoms with Crippen LogP contribution < -0.4 is 10.1 Å². The second-order valence-corrected chi connectivity index (χ2v) is 3.64. The number of methoxy groups -OCH3 is 1. The Kier molecular flexibility index (Phi) is 5.10. The highest BCUT2D eigenvalue weighted by Crippen LogP contribution is 2.25. The number of aliphatic carboxylic acids is 1. The molecule has 0 spiro atoms. The number of halogens is 1. The average molecular weight is 255 g/mol. The molecule has 0 aromatic heterocycles. The molecule has 0 saturated carbocycles. The van der Waals surface area contributed by atoms with Crippen molar-refractivity contribution in [2.24, 2.45) is 0 Å². The zero-order chi connectivity index (χ0) is 13.5. The Labute approximate surface area is 104 Å². The molecular formula is C12H14FNO4. The molecule has 6 heteroatoms. The van der Waals surface area contributed by atoms with E-state index in [0.29, 0.717) is 5.75 Å². The van der Waals surface area contributed by atoms with Gasteiger partial charge in [0.2, 0.25) is 5.91 Å². The van der Waals surface area contributed by atoms with Gasteiger partial charge >= 0.3 is 5.97 Å². The Bertz CT molecular complexity index is 448. The highest BCUT2D eigenvalue weighted by atomic mass is 19.1. The van der Waals surface area contributed by atoms with Crippen LogP contribution in [0, 0.1) is 5.82 Å². The van der Waals surface area contributed by atoms with Crippen LogP contribution in [0.5, 0.6) is 5.75 Å². The first-order chi connectivity index (χ1) is 8.52. The SMILES string of the molecule is COc1ccc(F)cc1NC(=O)CCCC(=O)O. The first kappa shape index (κ1) is 14.0. The van der Waals surface area contributed by atoms with Gasteiger partial charge in [-0.2, -0.15) is 0 Å². The summed E-state index contributed by atoms with van der Waals surface area (Å²) in [6.07, 6.45) is 0.221. The Morgan fingerprint density at radius 2 is 2.11 bits per heavy atom. The van der Waals surface area contributed by atoms with Crippen LogP contribution in [-0.4, -0.2) is 24.1 Å². The van der Waals surface area contributed by atoms with Crippen LogP contribution in [0.3, 0.4) is 0 Å². The molecular weight excluding hydrogens is 241 g/mol. The Morgan fingerprint density at radius 1 is 1.39 bits per heavy atom. The van der Waals surface area contributed by atoms with Gasteiger partial charge in [0.15, 0.2) is 0 Å². The van der Waals surface area contributed by atoms with Crippen LogP contribution in [0.15, 0.2) is 18.2 Å². The zero-order valence-electron chi connectivity index (χ0n) is 9.90. The van der Waals surface area contributed by atoms with Crippen molar-refractivity contribution < 1.29 is 23.8 Å². The smallest absolute Gasteiger partial charge is 0.303 e. The number of benzene rings is 1. The number of nitrogens with one attached hydrogen (secondary N) is 1. The third-order valence-electron chi connectivity index (χ3n) is 2.23. The first-order valence-electron chi connectivity index (χ1n) is 5.38. The van der Waals surface area contributed by atoms with Crippen molar-refractivity contribution in [3.8, 4) is 5.75 Å². The van der Waals surface area contributed by atoms with Crippen molar-refractivity contribution >= 4 is 17.6 Å². The summed E-state index contributed by atoms with van der Waals surface area (Å²) in [4.78, 5) is 21.8. The zero-order valence-corrected chi connectivity index (χ0v) is 9.90. The van der Waals surface area contributed by atoms with Gasteiger partial charge in [-0.05, 0) is 18.6 Å². The van der Waals surface area contributed by atoms with E-state index in [0.717, 1.165) is 6.07 Å². The molecule has 0 atom stereocenters. The van der Waals surface area contributed by atoms with Crippen LogP contribution in [0.1, 0.15) is 19.3 Å². The summed E-state index contributed by atoms with van der Waals surface area (Å²) in [5, 5.41) is 10.9. The lowest BCUT2D eigenvalue weighted by molar-refractivity contribution is -0.137. The maximum Gasteiger partial charge on any atom is 0.303 e. The number of ether oxygens (including phenoxy) is 1. The molecule has 98 valence electrons. The molecule has 0 bridgehead atoms. The molecule has 0 aliphatic carbocycles. The van der Waals surface area contributed by atoms with E-state index >= 15 is 0 Å². The molecule has 0 saturated heterocycles. The van der Waals surface area contributed by atoms with Crippen molar-refractivity contribution in [1.29, 1.82) is 0 Å². The summed E-state index contributed by atoms with van der Waals surface area (Å²) in [5.41, 5.74) is 0.234. The summed E-state index contributed by atoms with van der Waals surface area (Å²) in [6, 6.07) is 3.77. The summed E-state index contributed by atoms with van der Waals surface area (Å²) in [5.74, 6) is -1.47. The fourth-order valence-electron chi connectivity index (χ4n) is 1.39. The number of carbonyl (C=O) groups is 2. The molecule has 0 radical (unpaired) electrons. The molecule has 1 aromatic rings. The Morgan fingerprint density at radius 3 is 2.72 bits per heavy atom. The van der Waals surface area contributed by atoms with Crippen molar-refractivity contribution in [2.75, 3.05) is 12.4 Å². The molecule has 0 aliphatic heterocycles. The van der Waals surface area contributed by atoms with E-state index in [9.17, 15) is 14.0 Å². The second-order valence-electron chi connectivity index (χ2n) is 3.64. The summed E-state index contributed by atoms with van der Waals surface area (Å²) < 4.78 is 18.0. The van der Waals surface area contributed by atoms with Gasteiger partial charge in [0.25, 0.3) is 0 Å². The third-order valence-corrected chi connectivity index (χ3v) is 2.23. The van der Waals surface area contributed by atoms with Gasteiger partial charge in [0, 0.05) is 18.9 Å². The van der Waals surface area contributed by atoms with Gasteiger partial charge in [-0.15, -0.1) is 0 Å². The fourth-order valence-corrected chi connectivity index (χ4v) is 1.39. The molecule has 0 aliphatic rings. The van der Waals surface area contributed by atoms with Crippen molar-refractivity contribution in [3.05, 3.63) is 24.0 Å². The summed E-state index contributed by atoms with van der Waals surface area (Å²) in [6.45, 7) is 0. The molecule has 5 nitrogen and oxygen atoms in total. The number of anilines is 1. The quantitative estimate of drug-likeness (QED) is 0.815. The van der Waals surface area contributed by atoms with E-state index in [1.807, 2.05) is 0 Å². The summed E-state index contributed by atoms with van der Waals surface area (Å²) >= 11 is 0. The van der Waals surface area contributed by atoms with Crippen LogP contribution in [0.4, 0.5) is 10.1 Å². The van der Waals surface area contributed by atoms with E-state index in [4.69, 9.17) is 9.84 Å². The van der Waals surface area contributed by atoms with E-state index < -0.39 is 11.8 Å². The minimum absolute atomic E-state index is 0.0615. The summed E-state index contributed by atoms with van der Waals surface area (Å²) in [7, 11) is 1.41. The van der Waals surface area contributed by atoms with Gasteiger partial charge in [-0.1, -0.05) is 0 Å². The molecule has 1 aromatic carbocycles. The van der Waals surface area contributed by atoms with Crippen molar-refractivity contribution in [3.63, 3.8) is 0 Å². The third kappa shape index (κ3) is 4.40. The lowest BCUT2D eigenvalue weighted by atomic mass is 10.2. The predicted octanol–water partition coefficient (Wildman–Crippen LogP) is 2.03. The molecule has 2 N–H and O–H groups in total. The molecule has 0 unspecified atom stereocenters. The topological polar surface area (TPSA) is 75.6 Å². The largest absolute Gasteiger partial charge is 0.495 e. The number of rotatable bonds is 6. The molecule has 1 rings (SSSR count). The molecule has 0 fully saturated rings. The van der Waals surface area contributed by atoms with Crippen LogP contribution >= 0.6 is 0 Å². The van der Waals surface area contributed by atoms with Gasteiger partial charge in [-0.25, -0.2) is 4.39 Å². The number of hydrogen-bond acceptors (Lipinski definition) is 3. The Balaban J connectivity index is 2.58. The normalized spacial score (nSPS) is 9.89. The van der Waals surface area contributed by atoms with E-state index in [1.165, 1.54) is 19.2 Å². The number of hydrogen-bond donors (Lipinski definition) is 2. The van der Waals surface area contributed by atoms with Crippen molar-refractivity contribution in [1.82, 2.24) is 0 Å². The molecule has 0 heterocycles. The maximum atomic E-state index is 13.0. The van der Waals surface area contributed by atoms with Crippen LogP contribution in [0.2, 0.25) is 0 Å². The number of carboxylic acid groups (broad SMARTS) is 1. The van der Waals surface area contributed by atoms with Gasteiger partial charge in [-0.3, -0.25) is 9.59 Å². The predicted molar refractivity (Wildman–Crippen MR) is 63.1 cm³/mol. The molecule has 18 heavy (non-hydrogen) atoms. The lowest BCUT2D eigenvalue weighted by Gasteiger charge is -2.09. The van der Waals surface area contributed by atoms with Gasteiger partial charge in [0.05, 0.1) is 12.8 Å². The standard InChI is InChI=1S/C12H14FNO4/c1-18-10-6-5-8(13)7-9(10)14-11(15)3-2-4-12(16)17/h5-7H,2-4H2,1H3,(H,14,15)(H,16,17). The lowest BCUT2D eigenvalue weighted by Crippen LogP contribution is -2.12.